The van der Waals surface area contributed by atoms with Crippen LogP contribution in [0.3, 0.4) is 0 Å². The van der Waals surface area contributed by atoms with Gasteiger partial charge in [0.25, 0.3) is 0 Å². The van der Waals surface area contributed by atoms with Crippen LogP contribution in [-0.2, 0) is 11.9 Å². The van der Waals surface area contributed by atoms with Crippen molar-refractivity contribution >= 4 is 27.5 Å². The first-order chi connectivity index (χ1) is 9.11. The van der Waals surface area contributed by atoms with Gasteiger partial charge in [-0.05, 0) is 30.3 Å². The molecule has 1 nitrogen and oxygen atoms in total. The number of rotatable bonds is 4. The zero-order valence-electron chi connectivity index (χ0n) is 9.80. The van der Waals surface area contributed by atoms with Gasteiger partial charge in [0.15, 0.2) is 0 Å². The molecule has 2 aromatic carbocycles. The minimum absolute atomic E-state index is 0.00284. The lowest BCUT2D eigenvalue weighted by Crippen LogP contribution is -2.01. The maximum Gasteiger partial charge on any atom is 0.131 e. The van der Waals surface area contributed by atoms with Gasteiger partial charge in [0.05, 0.1) is 5.02 Å². The summed E-state index contributed by atoms with van der Waals surface area (Å²) in [4.78, 5) is 0. The minimum atomic E-state index is -0.421. The van der Waals surface area contributed by atoms with E-state index in [1.54, 1.807) is 6.07 Å². The van der Waals surface area contributed by atoms with Crippen molar-refractivity contribution in [1.82, 2.24) is 0 Å². The van der Waals surface area contributed by atoms with Gasteiger partial charge in [-0.3, -0.25) is 0 Å². The van der Waals surface area contributed by atoms with Crippen LogP contribution in [0, 0.1) is 11.6 Å². The highest BCUT2D eigenvalue weighted by atomic mass is 79.9. The van der Waals surface area contributed by atoms with Crippen LogP contribution in [0.15, 0.2) is 36.4 Å². The zero-order valence-corrected chi connectivity index (χ0v) is 12.1. The van der Waals surface area contributed by atoms with E-state index in [-0.39, 0.29) is 18.0 Å². The van der Waals surface area contributed by atoms with Gasteiger partial charge in [0, 0.05) is 16.5 Å². The molecule has 2 rings (SSSR count). The lowest BCUT2D eigenvalue weighted by atomic mass is 10.2. The molecule has 0 radical (unpaired) electrons. The lowest BCUT2D eigenvalue weighted by Gasteiger charge is -2.11. The number of hydrogen-bond donors (Lipinski definition) is 0. The molecule has 5 heteroatoms. The molecule has 0 spiro atoms. The zero-order chi connectivity index (χ0) is 13.8. The van der Waals surface area contributed by atoms with Crippen molar-refractivity contribution in [3.8, 4) is 5.75 Å². The SMILES string of the molecule is Fc1ccc(OCc2c(F)cccc2Cl)c(CBr)c1. The first kappa shape index (κ1) is 14.3. The Labute approximate surface area is 123 Å². The Kier molecular flexibility index (Phi) is 4.77. The van der Waals surface area contributed by atoms with E-state index in [0.717, 1.165) is 0 Å². The minimum Gasteiger partial charge on any atom is -0.488 e. The first-order valence-electron chi connectivity index (χ1n) is 5.52. The maximum absolute atomic E-state index is 13.6. The van der Waals surface area contributed by atoms with E-state index in [1.165, 1.54) is 30.3 Å². The Balaban J connectivity index is 2.19. The Bertz CT molecular complexity index is 569. The van der Waals surface area contributed by atoms with Crippen molar-refractivity contribution in [2.24, 2.45) is 0 Å². The van der Waals surface area contributed by atoms with Crippen molar-refractivity contribution in [3.63, 3.8) is 0 Å². The molecule has 2 aromatic rings. The molecule has 0 saturated carbocycles. The van der Waals surface area contributed by atoms with Gasteiger partial charge in [-0.2, -0.15) is 0 Å². The topological polar surface area (TPSA) is 9.23 Å². The molecular formula is C14H10BrClF2O. The van der Waals surface area contributed by atoms with E-state index in [4.69, 9.17) is 16.3 Å². The second-order valence-corrected chi connectivity index (χ2v) is 4.84. The summed E-state index contributed by atoms with van der Waals surface area (Å²) in [6, 6.07) is 8.63. The largest absolute Gasteiger partial charge is 0.488 e. The second-order valence-electron chi connectivity index (χ2n) is 3.87. The molecule has 0 unspecified atom stereocenters. The molecule has 19 heavy (non-hydrogen) atoms. The third kappa shape index (κ3) is 3.45. The van der Waals surface area contributed by atoms with Crippen molar-refractivity contribution in [2.45, 2.75) is 11.9 Å². The van der Waals surface area contributed by atoms with Gasteiger partial charge in [0.2, 0.25) is 0 Å². The molecular weight excluding hydrogens is 338 g/mol. The molecule has 0 bridgehead atoms. The van der Waals surface area contributed by atoms with Gasteiger partial charge in [-0.25, -0.2) is 8.78 Å². The molecule has 0 fully saturated rings. The summed E-state index contributed by atoms with van der Waals surface area (Å²) in [6.07, 6.45) is 0. The van der Waals surface area contributed by atoms with E-state index in [1.807, 2.05) is 0 Å². The van der Waals surface area contributed by atoms with Gasteiger partial charge in [0.1, 0.15) is 24.0 Å². The fourth-order valence-corrected chi connectivity index (χ4v) is 2.27. The van der Waals surface area contributed by atoms with E-state index in [0.29, 0.717) is 21.7 Å². The number of hydrogen-bond acceptors (Lipinski definition) is 1. The van der Waals surface area contributed by atoms with Gasteiger partial charge in [-0.15, -0.1) is 0 Å². The summed E-state index contributed by atoms with van der Waals surface area (Å²) in [6.45, 7) is -0.00284. The fraction of sp³-hybridized carbons (Fsp3) is 0.143. The highest BCUT2D eigenvalue weighted by Gasteiger charge is 2.10. The summed E-state index contributed by atoms with van der Waals surface area (Å²) in [5.74, 6) is -0.265. The summed E-state index contributed by atoms with van der Waals surface area (Å²) in [5, 5.41) is 0.757. The first-order valence-corrected chi connectivity index (χ1v) is 7.02. The molecule has 0 saturated heterocycles. The smallest absolute Gasteiger partial charge is 0.131 e. The summed E-state index contributed by atoms with van der Waals surface area (Å²) < 4.78 is 32.1. The molecule has 0 aliphatic rings. The van der Waals surface area contributed by atoms with Crippen LogP contribution >= 0.6 is 27.5 Å². The van der Waals surface area contributed by atoms with Crippen molar-refractivity contribution < 1.29 is 13.5 Å². The third-order valence-electron chi connectivity index (χ3n) is 2.60. The van der Waals surface area contributed by atoms with Crippen LogP contribution in [-0.4, -0.2) is 0 Å². The van der Waals surface area contributed by atoms with Crippen molar-refractivity contribution in [1.29, 1.82) is 0 Å². The molecule has 0 aliphatic carbocycles. The molecule has 0 heterocycles. The molecule has 0 aromatic heterocycles. The van der Waals surface area contributed by atoms with E-state index < -0.39 is 5.82 Å². The summed E-state index contributed by atoms with van der Waals surface area (Å²) in [7, 11) is 0. The van der Waals surface area contributed by atoms with Crippen LogP contribution in [0.1, 0.15) is 11.1 Å². The average Bonchev–Trinajstić information content (AvgIpc) is 2.39. The Morgan fingerprint density at radius 3 is 2.63 bits per heavy atom. The highest BCUT2D eigenvalue weighted by molar-refractivity contribution is 9.08. The predicted molar refractivity (Wildman–Crippen MR) is 74.8 cm³/mol. The molecule has 0 atom stereocenters. The average molecular weight is 348 g/mol. The Hall–Kier alpha value is -1.13. The monoisotopic (exact) mass is 346 g/mol. The standard InChI is InChI=1S/C14H10BrClF2O/c15-7-9-6-10(17)4-5-14(9)19-8-11-12(16)2-1-3-13(11)18/h1-6H,7-8H2. The number of ether oxygens (including phenoxy) is 1. The number of alkyl halides is 1. The van der Waals surface area contributed by atoms with Crippen LogP contribution in [0.2, 0.25) is 5.02 Å². The van der Waals surface area contributed by atoms with E-state index in [2.05, 4.69) is 15.9 Å². The van der Waals surface area contributed by atoms with Crippen molar-refractivity contribution in [2.75, 3.05) is 0 Å². The van der Waals surface area contributed by atoms with Gasteiger partial charge < -0.3 is 4.74 Å². The van der Waals surface area contributed by atoms with Crippen molar-refractivity contribution in [3.05, 3.63) is 64.2 Å². The van der Waals surface area contributed by atoms with E-state index >= 15 is 0 Å². The second kappa shape index (κ2) is 6.35. The Morgan fingerprint density at radius 1 is 1.16 bits per heavy atom. The summed E-state index contributed by atoms with van der Waals surface area (Å²) >= 11 is 9.16. The molecule has 0 aliphatic heterocycles. The van der Waals surface area contributed by atoms with E-state index in [9.17, 15) is 8.78 Å². The van der Waals surface area contributed by atoms with Gasteiger partial charge >= 0.3 is 0 Å². The maximum atomic E-state index is 13.6. The number of benzene rings is 2. The highest BCUT2D eigenvalue weighted by Crippen LogP contribution is 2.25. The lowest BCUT2D eigenvalue weighted by molar-refractivity contribution is 0.297. The molecule has 100 valence electrons. The van der Waals surface area contributed by atoms with Crippen LogP contribution in [0.5, 0.6) is 5.75 Å². The molecule has 0 amide bonds. The van der Waals surface area contributed by atoms with Crippen LogP contribution in [0.25, 0.3) is 0 Å². The van der Waals surface area contributed by atoms with Crippen LogP contribution in [0.4, 0.5) is 8.78 Å². The predicted octanol–water partition coefficient (Wildman–Crippen LogP) is 5.09. The molecule has 0 N–H and O–H groups in total. The third-order valence-corrected chi connectivity index (χ3v) is 3.56. The number of halogens is 4. The van der Waals surface area contributed by atoms with Crippen LogP contribution < -0.4 is 4.74 Å². The quantitative estimate of drug-likeness (QED) is 0.700. The summed E-state index contributed by atoms with van der Waals surface area (Å²) in [5.41, 5.74) is 0.946. The Morgan fingerprint density at radius 2 is 1.95 bits per heavy atom. The fourth-order valence-electron chi connectivity index (χ4n) is 1.61. The normalized spacial score (nSPS) is 10.5. The van der Waals surface area contributed by atoms with Gasteiger partial charge in [-0.1, -0.05) is 33.6 Å².